The highest BCUT2D eigenvalue weighted by atomic mass is 32.2. The summed E-state index contributed by atoms with van der Waals surface area (Å²) in [6.45, 7) is 0. The number of hydrogen-bond acceptors (Lipinski definition) is 4. The number of rotatable bonds is 5. The second-order valence-corrected chi connectivity index (χ2v) is 5.76. The van der Waals surface area contributed by atoms with Crippen molar-refractivity contribution in [1.82, 2.24) is 9.97 Å². The highest BCUT2D eigenvalue weighted by Crippen LogP contribution is 2.25. The molecule has 1 atom stereocenters. The van der Waals surface area contributed by atoms with Crippen LogP contribution in [-0.4, -0.2) is 22.8 Å². The first-order chi connectivity index (χ1) is 10.3. The summed E-state index contributed by atoms with van der Waals surface area (Å²) >= 11 is 1.63. The van der Waals surface area contributed by atoms with Crippen molar-refractivity contribution in [1.29, 1.82) is 0 Å². The number of nitrogens with two attached hydrogens (primary N) is 1. The molecule has 0 saturated heterocycles. The van der Waals surface area contributed by atoms with Gasteiger partial charge in [0.1, 0.15) is 5.75 Å². The van der Waals surface area contributed by atoms with Crippen molar-refractivity contribution in [2.24, 2.45) is 5.73 Å². The van der Waals surface area contributed by atoms with E-state index < -0.39 is 0 Å². The number of hydrogen-bond donors (Lipinski definition) is 2. The van der Waals surface area contributed by atoms with E-state index in [2.05, 4.69) is 9.97 Å². The summed E-state index contributed by atoms with van der Waals surface area (Å²) in [7, 11) is 1.66. The van der Waals surface area contributed by atoms with Crippen LogP contribution in [-0.2, 0) is 0 Å². The van der Waals surface area contributed by atoms with Crippen LogP contribution < -0.4 is 10.5 Å². The topological polar surface area (TPSA) is 63.9 Å². The normalized spacial score (nSPS) is 12.5. The molecule has 1 heterocycles. The molecule has 0 aliphatic rings. The van der Waals surface area contributed by atoms with Crippen LogP contribution in [0.25, 0.3) is 11.0 Å². The number of nitrogens with zero attached hydrogens (tertiary/aromatic N) is 1. The number of thioether (sulfide) groups is 1. The van der Waals surface area contributed by atoms with Crippen LogP contribution in [0.5, 0.6) is 5.75 Å². The quantitative estimate of drug-likeness (QED) is 0.709. The molecule has 0 aliphatic heterocycles. The number of aromatic amines is 1. The fourth-order valence-electron chi connectivity index (χ4n) is 2.13. The summed E-state index contributed by atoms with van der Waals surface area (Å²) in [5.41, 5.74) is 9.34. The molecule has 4 nitrogen and oxygen atoms in total. The molecule has 108 valence electrons. The lowest BCUT2D eigenvalue weighted by Crippen LogP contribution is -2.13. The molecule has 3 N–H and O–H groups in total. The molecular weight excluding hydrogens is 282 g/mol. The maximum absolute atomic E-state index is 6.24. The second kappa shape index (κ2) is 6.20. The van der Waals surface area contributed by atoms with Gasteiger partial charge in [0.15, 0.2) is 5.16 Å². The number of nitrogens with one attached hydrogen (secondary N) is 1. The third-order valence-electron chi connectivity index (χ3n) is 3.29. The van der Waals surface area contributed by atoms with E-state index in [1.54, 1.807) is 18.9 Å². The van der Waals surface area contributed by atoms with E-state index in [0.717, 1.165) is 33.3 Å². The van der Waals surface area contributed by atoms with Gasteiger partial charge in [-0.25, -0.2) is 4.98 Å². The Labute approximate surface area is 127 Å². The van der Waals surface area contributed by atoms with E-state index in [1.165, 1.54) is 0 Å². The summed E-state index contributed by atoms with van der Waals surface area (Å²) in [5.74, 6) is 1.59. The number of ether oxygens (including phenoxy) is 1. The van der Waals surface area contributed by atoms with Crippen LogP contribution >= 0.6 is 11.8 Å². The molecule has 0 bridgehead atoms. The standard InChI is InChI=1S/C16H17N3OS/c1-20-12-6-4-5-11(9-12)13(17)10-21-16-18-14-7-2-3-8-15(14)19-16/h2-9,13H,10,17H2,1H3,(H,18,19). The monoisotopic (exact) mass is 299 g/mol. The van der Waals surface area contributed by atoms with Crippen LogP contribution in [0.4, 0.5) is 0 Å². The number of fused-ring (bicyclic) bond motifs is 1. The molecule has 0 aliphatic carbocycles. The minimum absolute atomic E-state index is 0.0571. The molecule has 1 unspecified atom stereocenters. The number of imidazole rings is 1. The Balaban J connectivity index is 1.68. The average molecular weight is 299 g/mol. The molecule has 3 rings (SSSR count). The second-order valence-electron chi connectivity index (χ2n) is 4.75. The van der Waals surface area contributed by atoms with Gasteiger partial charge in [-0.15, -0.1) is 0 Å². The average Bonchev–Trinajstić information content (AvgIpc) is 2.95. The first kappa shape index (κ1) is 14.0. The molecule has 0 spiro atoms. The fourth-order valence-corrected chi connectivity index (χ4v) is 3.01. The molecule has 3 aromatic rings. The molecule has 0 radical (unpaired) electrons. The van der Waals surface area contributed by atoms with Gasteiger partial charge in [-0.1, -0.05) is 36.0 Å². The van der Waals surface area contributed by atoms with E-state index >= 15 is 0 Å². The van der Waals surface area contributed by atoms with Gasteiger partial charge in [-0.2, -0.15) is 0 Å². The number of aromatic nitrogens is 2. The van der Waals surface area contributed by atoms with Crippen molar-refractivity contribution in [2.75, 3.05) is 12.9 Å². The zero-order valence-electron chi connectivity index (χ0n) is 11.7. The van der Waals surface area contributed by atoms with Gasteiger partial charge in [-0.05, 0) is 29.8 Å². The molecule has 0 saturated carbocycles. The Bertz CT molecular complexity index is 708. The van der Waals surface area contributed by atoms with Crippen molar-refractivity contribution < 1.29 is 4.74 Å². The van der Waals surface area contributed by atoms with E-state index in [0.29, 0.717) is 0 Å². The number of benzene rings is 2. The SMILES string of the molecule is COc1cccc(C(N)CSc2nc3ccccc3[nH]2)c1. The van der Waals surface area contributed by atoms with Gasteiger partial charge >= 0.3 is 0 Å². The molecule has 0 amide bonds. The Hall–Kier alpha value is -1.98. The van der Waals surface area contributed by atoms with Gasteiger partial charge in [0.05, 0.1) is 18.1 Å². The van der Waals surface area contributed by atoms with Crippen LogP contribution in [0.3, 0.4) is 0 Å². The molecule has 1 aromatic heterocycles. The number of methoxy groups -OCH3 is 1. The summed E-state index contributed by atoms with van der Waals surface area (Å²) in [5, 5.41) is 0.898. The van der Waals surface area contributed by atoms with Crippen LogP contribution in [0.1, 0.15) is 11.6 Å². The number of H-pyrrole nitrogens is 1. The van der Waals surface area contributed by atoms with Crippen LogP contribution in [0, 0.1) is 0 Å². The minimum atomic E-state index is -0.0571. The predicted octanol–water partition coefficient (Wildman–Crippen LogP) is 3.36. The lowest BCUT2D eigenvalue weighted by atomic mass is 10.1. The van der Waals surface area contributed by atoms with Crippen molar-refractivity contribution in [3.63, 3.8) is 0 Å². The predicted molar refractivity (Wildman–Crippen MR) is 86.7 cm³/mol. The maximum atomic E-state index is 6.24. The van der Waals surface area contributed by atoms with Gasteiger partial charge < -0.3 is 15.5 Å². The van der Waals surface area contributed by atoms with Gasteiger partial charge in [0, 0.05) is 11.8 Å². The van der Waals surface area contributed by atoms with Gasteiger partial charge in [0.2, 0.25) is 0 Å². The molecule has 0 fully saturated rings. The highest BCUT2D eigenvalue weighted by molar-refractivity contribution is 7.99. The lowest BCUT2D eigenvalue weighted by Gasteiger charge is -2.11. The third kappa shape index (κ3) is 3.20. The van der Waals surface area contributed by atoms with E-state index in [9.17, 15) is 0 Å². The van der Waals surface area contributed by atoms with E-state index in [4.69, 9.17) is 10.5 Å². The largest absolute Gasteiger partial charge is 0.497 e. The Kier molecular flexibility index (Phi) is 4.13. The summed E-state index contributed by atoms with van der Waals surface area (Å²) < 4.78 is 5.23. The minimum Gasteiger partial charge on any atom is -0.497 e. The smallest absolute Gasteiger partial charge is 0.166 e. The van der Waals surface area contributed by atoms with Gasteiger partial charge in [-0.3, -0.25) is 0 Å². The summed E-state index contributed by atoms with van der Waals surface area (Å²) in [6.07, 6.45) is 0. The summed E-state index contributed by atoms with van der Waals surface area (Å²) in [6, 6.07) is 15.8. The third-order valence-corrected chi connectivity index (χ3v) is 4.28. The van der Waals surface area contributed by atoms with Crippen LogP contribution in [0.2, 0.25) is 0 Å². The van der Waals surface area contributed by atoms with Crippen molar-refractivity contribution >= 4 is 22.8 Å². The fraction of sp³-hybridized carbons (Fsp3) is 0.188. The van der Waals surface area contributed by atoms with Crippen molar-refractivity contribution in [3.05, 3.63) is 54.1 Å². The molecule has 21 heavy (non-hydrogen) atoms. The van der Waals surface area contributed by atoms with E-state index in [1.807, 2.05) is 48.5 Å². The van der Waals surface area contributed by atoms with Gasteiger partial charge in [0.25, 0.3) is 0 Å². The maximum Gasteiger partial charge on any atom is 0.166 e. The Morgan fingerprint density at radius 3 is 2.90 bits per heavy atom. The van der Waals surface area contributed by atoms with Crippen molar-refractivity contribution in [2.45, 2.75) is 11.2 Å². The van der Waals surface area contributed by atoms with Crippen LogP contribution in [0.15, 0.2) is 53.7 Å². The number of para-hydroxylation sites is 2. The lowest BCUT2D eigenvalue weighted by molar-refractivity contribution is 0.414. The zero-order chi connectivity index (χ0) is 14.7. The molecule has 2 aromatic carbocycles. The highest BCUT2D eigenvalue weighted by Gasteiger charge is 2.10. The Morgan fingerprint density at radius 1 is 1.24 bits per heavy atom. The summed E-state index contributed by atoms with van der Waals surface area (Å²) in [4.78, 5) is 7.84. The first-order valence-electron chi connectivity index (χ1n) is 6.73. The first-order valence-corrected chi connectivity index (χ1v) is 7.72. The van der Waals surface area contributed by atoms with Crippen molar-refractivity contribution in [3.8, 4) is 5.75 Å². The molecular formula is C16H17N3OS. The molecule has 5 heteroatoms. The Morgan fingerprint density at radius 2 is 2.10 bits per heavy atom. The zero-order valence-corrected chi connectivity index (χ0v) is 12.6. The van der Waals surface area contributed by atoms with E-state index in [-0.39, 0.29) is 6.04 Å².